The second kappa shape index (κ2) is 4.18. The summed E-state index contributed by atoms with van der Waals surface area (Å²) in [4.78, 5) is 25.1. The fraction of sp³-hybridized carbons (Fsp3) is 0.333. The van der Waals surface area contributed by atoms with Gasteiger partial charge in [0, 0.05) is 5.92 Å². The third-order valence-corrected chi connectivity index (χ3v) is 2.60. The first-order valence-electron chi connectivity index (χ1n) is 5.33. The van der Waals surface area contributed by atoms with Crippen molar-refractivity contribution in [2.45, 2.75) is 20.0 Å². The Balaban J connectivity index is 2.42. The number of benzene rings is 1. The Hall–Kier alpha value is -1.88. The van der Waals surface area contributed by atoms with Crippen LogP contribution in [0.15, 0.2) is 27.4 Å². The van der Waals surface area contributed by atoms with Crippen LogP contribution in [0.5, 0.6) is 0 Å². The zero-order valence-electron chi connectivity index (χ0n) is 9.56. The summed E-state index contributed by atoms with van der Waals surface area (Å²) in [6.45, 7) is 3.45. The summed E-state index contributed by atoms with van der Waals surface area (Å²) < 4.78 is 4.83. The molecule has 5 heteroatoms. The van der Waals surface area contributed by atoms with Gasteiger partial charge in [0.05, 0.1) is 5.52 Å². The molecule has 17 heavy (non-hydrogen) atoms. The van der Waals surface area contributed by atoms with Gasteiger partial charge in [0.2, 0.25) is 0 Å². The molecule has 1 heterocycles. The molecule has 1 unspecified atom stereocenters. The maximum Gasteiger partial charge on any atom is 0.417 e. The third kappa shape index (κ3) is 2.14. The van der Waals surface area contributed by atoms with Crippen LogP contribution in [0.3, 0.4) is 0 Å². The molecule has 1 atom stereocenters. The van der Waals surface area contributed by atoms with Crippen molar-refractivity contribution < 1.29 is 14.3 Å². The lowest BCUT2D eigenvalue weighted by Crippen LogP contribution is -2.17. The SMILES string of the molecule is CC(C)C(=O)C(O)c1ccc2oc(=O)[nH]c2c1. The molecule has 2 N–H and O–H groups in total. The molecule has 0 amide bonds. The number of ketones is 1. The van der Waals surface area contributed by atoms with Crippen LogP contribution in [-0.2, 0) is 4.79 Å². The summed E-state index contributed by atoms with van der Waals surface area (Å²) in [6.07, 6.45) is -1.17. The standard InChI is InChI=1S/C12H13NO4/c1-6(2)10(14)11(15)7-3-4-9-8(5-7)13-12(16)17-9/h3-6,11,15H,1-2H3,(H,13,16). The van der Waals surface area contributed by atoms with Gasteiger partial charge in [-0.2, -0.15) is 0 Å². The minimum absolute atomic E-state index is 0.246. The molecule has 0 saturated heterocycles. The van der Waals surface area contributed by atoms with Crippen molar-refractivity contribution in [1.82, 2.24) is 4.98 Å². The quantitative estimate of drug-likeness (QED) is 0.841. The highest BCUT2D eigenvalue weighted by Gasteiger charge is 2.20. The number of aliphatic hydroxyl groups excluding tert-OH is 1. The fourth-order valence-corrected chi connectivity index (χ4v) is 1.62. The third-order valence-electron chi connectivity index (χ3n) is 2.60. The Morgan fingerprint density at radius 3 is 2.76 bits per heavy atom. The molecule has 0 radical (unpaired) electrons. The van der Waals surface area contributed by atoms with E-state index in [4.69, 9.17) is 4.42 Å². The summed E-state index contributed by atoms with van der Waals surface area (Å²) in [7, 11) is 0. The number of hydrogen-bond donors (Lipinski definition) is 2. The normalized spacial score (nSPS) is 13.2. The van der Waals surface area contributed by atoms with Crippen molar-refractivity contribution in [3.63, 3.8) is 0 Å². The van der Waals surface area contributed by atoms with Gasteiger partial charge in [0.15, 0.2) is 11.4 Å². The smallest absolute Gasteiger partial charge is 0.408 e. The zero-order valence-corrected chi connectivity index (χ0v) is 9.56. The van der Waals surface area contributed by atoms with Gasteiger partial charge in [-0.3, -0.25) is 9.78 Å². The Kier molecular flexibility index (Phi) is 2.85. The lowest BCUT2D eigenvalue weighted by Gasteiger charge is -2.11. The van der Waals surface area contributed by atoms with Crippen LogP contribution in [0.25, 0.3) is 11.1 Å². The van der Waals surface area contributed by atoms with Crippen LogP contribution in [0.4, 0.5) is 0 Å². The topological polar surface area (TPSA) is 83.3 Å². The maximum absolute atomic E-state index is 11.6. The molecule has 0 aliphatic rings. The van der Waals surface area contributed by atoms with Crippen molar-refractivity contribution in [2.75, 3.05) is 0 Å². The van der Waals surface area contributed by atoms with Crippen molar-refractivity contribution >= 4 is 16.9 Å². The number of H-pyrrole nitrogens is 1. The van der Waals surface area contributed by atoms with Crippen LogP contribution < -0.4 is 5.76 Å². The highest BCUT2D eigenvalue weighted by atomic mass is 16.4. The molecular formula is C12H13NO4. The van der Waals surface area contributed by atoms with Crippen LogP contribution in [0.1, 0.15) is 25.5 Å². The van der Waals surface area contributed by atoms with Gasteiger partial charge < -0.3 is 9.52 Å². The number of oxazole rings is 1. The number of carbonyl (C=O) groups excluding carboxylic acids is 1. The number of aliphatic hydroxyl groups is 1. The number of rotatable bonds is 3. The number of aromatic amines is 1. The zero-order chi connectivity index (χ0) is 12.6. The van der Waals surface area contributed by atoms with Crippen LogP contribution in [0.2, 0.25) is 0 Å². The Morgan fingerprint density at radius 1 is 1.41 bits per heavy atom. The second-order valence-corrected chi connectivity index (χ2v) is 4.23. The van der Waals surface area contributed by atoms with Crippen molar-refractivity contribution in [1.29, 1.82) is 0 Å². The van der Waals surface area contributed by atoms with Crippen molar-refractivity contribution in [3.05, 3.63) is 34.3 Å². The number of Topliss-reactive ketones (excluding diaryl/α,β-unsaturated/α-hetero) is 1. The molecule has 0 fully saturated rings. The monoisotopic (exact) mass is 235 g/mol. The summed E-state index contributed by atoms with van der Waals surface area (Å²) in [5, 5.41) is 9.85. The number of hydrogen-bond acceptors (Lipinski definition) is 4. The average molecular weight is 235 g/mol. The van der Waals surface area contributed by atoms with E-state index >= 15 is 0 Å². The minimum atomic E-state index is -1.17. The second-order valence-electron chi connectivity index (χ2n) is 4.23. The molecule has 5 nitrogen and oxygen atoms in total. The first-order valence-corrected chi connectivity index (χ1v) is 5.33. The van der Waals surface area contributed by atoms with E-state index in [0.717, 1.165) is 0 Å². The number of fused-ring (bicyclic) bond motifs is 1. The van der Waals surface area contributed by atoms with E-state index in [1.54, 1.807) is 32.0 Å². The molecule has 0 spiro atoms. The average Bonchev–Trinajstić information content (AvgIpc) is 2.65. The summed E-state index contributed by atoms with van der Waals surface area (Å²) in [6, 6.07) is 4.68. The summed E-state index contributed by atoms with van der Waals surface area (Å²) in [5.74, 6) is -1.05. The van der Waals surface area contributed by atoms with Gasteiger partial charge >= 0.3 is 5.76 Å². The molecule has 90 valence electrons. The highest BCUT2D eigenvalue weighted by molar-refractivity contribution is 5.87. The fourth-order valence-electron chi connectivity index (χ4n) is 1.62. The van der Waals surface area contributed by atoms with Crippen LogP contribution in [-0.4, -0.2) is 15.9 Å². The Labute approximate surface area is 97.1 Å². The van der Waals surface area contributed by atoms with Crippen molar-refractivity contribution in [2.24, 2.45) is 5.92 Å². The maximum atomic E-state index is 11.6. The van der Waals surface area contributed by atoms with E-state index in [0.29, 0.717) is 16.7 Å². The number of aromatic nitrogens is 1. The molecule has 0 saturated carbocycles. The molecule has 0 aliphatic heterocycles. The first-order chi connectivity index (χ1) is 7.99. The predicted molar refractivity (Wildman–Crippen MR) is 61.6 cm³/mol. The van der Waals surface area contributed by atoms with Crippen molar-refractivity contribution in [3.8, 4) is 0 Å². The molecular weight excluding hydrogens is 222 g/mol. The minimum Gasteiger partial charge on any atom is -0.408 e. The largest absolute Gasteiger partial charge is 0.417 e. The highest BCUT2D eigenvalue weighted by Crippen LogP contribution is 2.21. The number of nitrogens with one attached hydrogen (secondary N) is 1. The van der Waals surface area contributed by atoms with Crippen LogP contribution >= 0.6 is 0 Å². The Bertz CT molecular complexity index is 608. The molecule has 1 aromatic heterocycles. The number of carbonyl (C=O) groups is 1. The van der Waals surface area contributed by atoms with E-state index in [-0.39, 0.29) is 11.7 Å². The predicted octanol–water partition coefficient (Wildman–Crippen LogP) is 1.38. The van der Waals surface area contributed by atoms with E-state index < -0.39 is 11.9 Å². The van der Waals surface area contributed by atoms with E-state index in [9.17, 15) is 14.7 Å². The summed E-state index contributed by atoms with van der Waals surface area (Å²) >= 11 is 0. The Morgan fingerprint density at radius 2 is 2.12 bits per heavy atom. The van der Waals surface area contributed by atoms with Gasteiger partial charge in [0.1, 0.15) is 6.10 Å². The van der Waals surface area contributed by atoms with Gasteiger partial charge in [-0.25, -0.2) is 4.79 Å². The van der Waals surface area contributed by atoms with E-state index in [2.05, 4.69) is 4.98 Å². The molecule has 0 bridgehead atoms. The molecule has 0 aliphatic carbocycles. The van der Waals surface area contributed by atoms with Crippen LogP contribution in [0, 0.1) is 5.92 Å². The lowest BCUT2D eigenvalue weighted by atomic mass is 9.98. The lowest BCUT2D eigenvalue weighted by molar-refractivity contribution is -0.130. The molecule has 2 aromatic rings. The van der Waals surface area contributed by atoms with Gasteiger partial charge in [0.25, 0.3) is 0 Å². The van der Waals surface area contributed by atoms with Gasteiger partial charge in [-0.1, -0.05) is 19.9 Å². The van der Waals surface area contributed by atoms with E-state index in [1.165, 1.54) is 0 Å². The van der Waals surface area contributed by atoms with Gasteiger partial charge in [-0.05, 0) is 17.7 Å². The summed E-state index contributed by atoms with van der Waals surface area (Å²) in [5.41, 5.74) is 1.33. The van der Waals surface area contributed by atoms with E-state index in [1.807, 2.05) is 0 Å². The molecule has 2 rings (SSSR count). The molecule has 1 aromatic carbocycles. The van der Waals surface area contributed by atoms with Gasteiger partial charge in [-0.15, -0.1) is 0 Å². The first kappa shape index (κ1) is 11.6.